The Kier molecular flexibility index (Phi) is 5.95. The van der Waals surface area contributed by atoms with Crippen molar-refractivity contribution in [1.29, 1.82) is 0 Å². The molecule has 8 nitrogen and oxygen atoms in total. The lowest BCUT2D eigenvalue weighted by Crippen LogP contribution is -2.72. The molecule has 12 heteroatoms. The Morgan fingerprint density at radius 1 is 1.20 bits per heavy atom. The van der Waals surface area contributed by atoms with Crippen LogP contribution in [-0.4, -0.2) is 49.4 Å². The van der Waals surface area contributed by atoms with Crippen molar-refractivity contribution in [3.8, 4) is 0 Å². The molecule has 5 unspecified atom stereocenters. The third kappa shape index (κ3) is 4.24. The van der Waals surface area contributed by atoms with E-state index in [1.165, 1.54) is 0 Å². The molecule has 6 atom stereocenters. The van der Waals surface area contributed by atoms with Crippen LogP contribution < -0.4 is 5.32 Å². The number of amides is 2. The molecule has 4 heterocycles. The van der Waals surface area contributed by atoms with Gasteiger partial charge in [-0.3, -0.25) is 0 Å². The minimum absolute atomic E-state index is 0.0173. The predicted molar refractivity (Wildman–Crippen MR) is 114 cm³/mol. The smallest absolute Gasteiger partial charge is 0.392 e. The maximum absolute atomic E-state index is 13.8. The Hall–Kier alpha value is -2.79. The van der Waals surface area contributed by atoms with Crippen molar-refractivity contribution in [3.05, 3.63) is 35.8 Å². The number of aryl methyl sites for hydroxylation is 1. The molecule has 2 aliphatic heterocycles. The maximum Gasteiger partial charge on any atom is 0.392 e. The molecule has 0 spiro atoms. The van der Waals surface area contributed by atoms with Crippen molar-refractivity contribution in [1.82, 2.24) is 30.4 Å². The quantitative estimate of drug-likeness (QED) is 0.621. The number of nitrogens with zero attached hydrogens (tertiary/aromatic N) is 5. The maximum atomic E-state index is 13.8. The molecule has 2 aromatic heterocycles. The molecule has 0 aromatic carbocycles. The van der Waals surface area contributed by atoms with Crippen molar-refractivity contribution in [2.24, 2.45) is 11.8 Å². The van der Waals surface area contributed by atoms with E-state index in [9.17, 15) is 22.4 Å². The van der Waals surface area contributed by atoms with E-state index in [-0.39, 0.29) is 37.2 Å². The molecule has 2 aliphatic carbocycles. The van der Waals surface area contributed by atoms with Crippen molar-refractivity contribution in [2.75, 3.05) is 0 Å². The summed E-state index contributed by atoms with van der Waals surface area (Å²) in [5.41, 5.74) is -0.683. The molecule has 4 aliphatic rings. The van der Waals surface area contributed by atoms with Gasteiger partial charge in [0.15, 0.2) is 5.82 Å². The number of carbonyl (C=O) groups is 1. The Bertz CT molecular complexity index is 1080. The van der Waals surface area contributed by atoms with E-state index >= 15 is 0 Å². The van der Waals surface area contributed by atoms with Crippen molar-refractivity contribution in [3.63, 3.8) is 0 Å². The normalized spacial score (nSPS) is 32.7. The molecule has 0 radical (unpaired) electrons. The fraction of sp³-hybridized carbons (Fsp3) is 0.696. The summed E-state index contributed by atoms with van der Waals surface area (Å²) >= 11 is 0. The molecule has 2 bridgehead atoms. The molecule has 2 saturated heterocycles. The fourth-order valence-corrected chi connectivity index (χ4v) is 6.30. The Balaban J connectivity index is 1.35. The average molecular weight is 497 g/mol. The van der Waals surface area contributed by atoms with E-state index in [0.717, 1.165) is 31.7 Å². The van der Waals surface area contributed by atoms with Crippen LogP contribution in [0.5, 0.6) is 0 Å². The van der Waals surface area contributed by atoms with Crippen LogP contribution in [0, 0.1) is 24.6 Å². The number of hydrogen-bond donors (Lipinski definition) is 1. The van der Waals surface area contributed by atoms with Crippen LogP contribution in [0.3, 0.4) is 0 Å². The Morgan fingerprint density at radius 2 is 1.94 bits per heavy atom. The lowest BCUT2D eigenvalue weighted by molar-refractivity contribution is -0.189. The van der Waals surface area contributed by atoms with Gasteiger partial charge in [-0.25, -0.2) is 19.2 Å². The first kappa shape index (κ1) is 23.9. The second-order valence-corrected chi connectivity index (χ2v) is 10.1. The number of alkyl halides is 3. The monoisotopic (exact) mass is 496 g/mol. The third-order valence-electron chi connectivity index (χ3n) is 7.92. The van der Waals surface area contributed by atoms with Crippen molar-refractivity contribution < 1.29 is 26.8 Å². The van der Waals surface area contributed by atoms with E-state index in [1.807, 2.05) is 0 Å². The van der Waals surface area contributed by atoms with Gasteiger partial charge in [0.25, 0.3) is 0 Å². The zero-order valence-corrected chi connectivity index (χ0v) is 19.6. The molecule has 190 valence electrons. The van der Waals surface area contributed by atoms with Gasteiger partial charge in [-0.15, -0.1) is 10.2 Å². The highest BCUT2D eigenvalue weighted by Crippen LogP contribution is 2.56. The average Bonchev–Trinajstić information content (AvgIpc) is 3.25. The molecule has 6 rings (SSSR count). The van der Waals surface area contributed by atoms with Crippen LogP contribution in [0.15, 0.2) is 16.8 Å². The topological polar surface area (TPSA) is 97.0 Å². The molecular formula is C23H28F4N6O2. The van der Waals surface area contributed by atoms with Crippen molar-refractivity contribution >= 4 is 6.03 Å². The van der Waals surface area contributed by atoms with Crippen LogP contribution in [0.1, 0.15) is 75.4 Å². The number of rotatable bonds is 4. The highest BCUT2D eigenvalue weighted by molar-refractivity contribution is 5.77. The molecule has 35 heavy (non-hydrogen) atoms. The number of halogens is 4. The van der Waals surface area contributed by atoms with Crippen LogP contribution >= 0.6 is 0 Å². The van der Waals surface area contributed by atoms with Crippen molar-refractivity contribution in [2.45, 2.75) is 88.5 Å². The minimum atomic E-state index is -4.44. The number of fused-ring (bicyclic) bond motifs is 2. The first-order valence-corrected chi connectivity index (χ1v) is 12.0. The summed E-state index contributed by atoms with van der Waals surface area (Å²) in [5.74, 6) is -2.23. The van der Waals surface area contributed by atoms with Crippen LogP contribution in [0.4, 0.5) is 22.4 Å². The van der Waals surface area contributed by atoms with Gasteiger partial charge in [0.05, 0.1) is 18.3 Å². The first-order valence-electron chi connectivity index (χ1n) is 12.0. The summed E-state index contributed by atoms with van der Waals surface area (Å²) in [6.45, 7) is 3.81. The summed E-state index contributed by atoms with van der Waals surface area (Å²) in [6.07, 6.45) is 0.608. The summed E-state index contributed by atoms with van der Waals surface area (Å²) in [7, 11) is 0. The SMILES string of the molecule is CC[C@@H]1CC2CC(c3nnc(C)o3)(C1)N2C(=O)NC1CCC(C(F)(F)F)C(c2ncc(F)cn2)C1. The summed E-state index contributed by atoms with van der Waals surface area (Å²) < 4.78 is 60.3. The van der Waals surface area contributed by atoms with Gasteiger partial charge in [0.1, 0.15) is 11.4 Å². The zero-order chi connectivity index (χ0) is 25.0. The summed E-state index contributed by atoms with van der Waals surface area (Å²) in [4.78, 5) is 22.9. The number of nitrogens with one attached hydrogen (secondary N) is 1. The Labute approximate surface area is 199 Å². The van der Waals surface area contributed by atoms with Crippen LogP contribution in [-0.2, 0) is 5.54 Å². The number of hydrogen-bond acceptors (Lipinski definition) is 6. The molecule has 2 saturated carbocycles. The predicted octanol–water partition coefficient (Wildman–Crippen LogP) is 4.62. The number of urea groups is 1. The van der Waals surface area contributed by atoms with Gasteiger partial charge in [0, 0.05) is 31.3 Å². The van der Waals surface area contributed by atoms with Crippen LogP contribution in [0.2, 0.25) is 0 Å². The van der Waals surface area contributed by atoms with Gasteiger partial charge >= 0.3 is 12.2 Å². The third-order valence-corrected chi connectivity index (χ3v) is 7.92. The number of piperidine rings is 1. The van der Waals surface area contributed by atoms with Gasteiger partial charge < -0.3 is 14.6 Å². The van der Waals surface area contributed by atoms with E-state index in [1.54, 1.807) is 11.8 Å². The highest BCUT2D eigenvalue weighted by atomic mass is 19.4. The van der Waals surface area contributed by atoms with E-state index in [4.69, 9.17) is 4.42 Å². The number of aromatic nitrogens is 4. The standard InChI is InChI=1S/C23H28F4N6O2/c1-3-13-6-16-9-22(8-13,20-32-31-12(2)35-20)33(16)21(34)30-15-4-5-18(23(25,26)27)17(7-15)19-28-10-14(24)11-29-19/h10-11,13,15-18H,3-9H2,1-2H3,(H,30,34)/t13-,15?,16?,17?,18?,22?/m1/s1. The molecule has 1 N–H and O–H groups in total. The largest absolute Gasteiger partial charge is 0.423 e. The second kappa shape index (κ2) is 8.70. The fourth-order valence-electron chi connectivity index (χ4n) is 6.30. The molecule has 2 aromatic rings. The van der Waals surface area contributed by atoms with Gasteiger partial charge in [-0.1, -0.05) is 13.3 Å². The molecular weight excluding hydrogens is 468 g/mol. The van der Waals surface area contributed by atoms with E-state index < -0.39 is 35.4 Å². The first-order chi connectivity index (χ1) is 16.6. The molecule has 2 amide bonds. The van der Waals surface area contributed by atoms with Gasteiger partial charge in [0.2, 0.25) is 11.8 Å². The van der Waals surface area contributed by atoms with Gasteiger partial charge in [-0.05, 0) is 38.0 Å². The van der Waals surface area contributed by atoms with Gasteiger partial charge in [-0.2, -0.15) is 13.2 Å². The van der Waals surface area contributed by atoms with E-state index in [0.29, 0.717) is 24.1 Å². The lowest BCUT2D eigenvalue weighted by atomic mass is 9.63. The molecule has 4 fully saturated rings. The van der Waals surface area contributed by atoms with E-state index in [2.05, 4.69) is 32.4 Å². The lowest BCUT2D eigenvalue weighted by Gasteiger charge is -2.61. The van der Waals surface area contributed by atoms with Crippen LogP contribution in [0.25, 0.3) is 0 Å². The highest BCUT2D eigenvalue weighted by Gasteiger charge is 2.62. The second-order valence-electron chi connectivity index (χ2n) is 10.1. The Morgan fingerprint density at radius 3 is 2.57 bits per heavy atom. The number of carbonyl (C=O) groups excluding carboxylic acids is 1. The summed E-state index contributed by atoms with van der Waals surface area (Å²) in [6, 6.07) is -0.811. The minimum Gasteiger partial charge on any atom is -0.423 e. The summed E-state index contributed by atoms with van der Waals surface area (Å²) in [5, 5.41) is 11.1. The zero-order valence-electron chi connectivity index (χ0n) is 19.6.